The van der Waals surface area contributed by atoms with Gasteiger partial charge in [0.1, 0.15) is 0 Å². The van der Waals surface area contributed by atoms with Crippen molar-refractivity contribution in [2.24, 2.45) is 5.41 Å². The highest BCUT2D eigenvalue weighted by atomic mass is 79.9. The second-order valence-corrected chi connectivity index (χ2v) is 8.91. The van der Waals surface area contributed by atoms with Crippen molar-refractivity contribution >= 4 is 66.7 Å². The van der Waals surface area contributed by atoms with Crippen molar-refractivity contribution in [1.82, 2.24) is 0 Å². The molecule has 6 heteroatoms. The Bertz CT molecular complexity index is 492. The molecule has 17 heavy (non-hydrogen) atoms. The quantitative estimate of drug-likeness (QED) is 0.707. The summed E-state index contributed by atoms with van der Waals surface area (Å²) in [6.07, 6.45) is 0.726. The molecule has 0 radical (unpaired) electrons. The lowest BCUT2D eigenvalue weighted by molar-refractivity contribution is -0.120. The van der Waals surface area contributed by atoms with Crippen LogP contribution in [-0.2, 0) is 4.79 Å². The number of halogens is 4. The van der Waals surface area contributed by atoms with Gasteiger partial charge in [-0.1, -0.05) is 55.1 Å². The van der Waals surface area contributed by atoms with Gasteiger partial charge in [-0.15, -0.1) is 0 Å². The predicted octanol–water partition coefficient (Wildman–Crippen LogP) is 4.83. The second-order valence-electron chi connectivity index (χ2n) is 4.29. The Hall–Kier alpha value is 0.230. The summed E-state index contributed by atoms with van der Waals surface area (Å²) in [6, 6.07) is 4.97. The molecule has 0 aromatic heterocycles. The molecule has 0 spiro atoms. The SMILES string of the molecule is C[C@]1(C(=O)Nc2cc(Cl)ccc2Cl)CC1(Br)Br. The Kier molecular flexibility index (Phi) is 3.54. The first-order valence-electron chi connectivity index (χ1n) is 4.91. The molecule has 1 aromatic carbocycles. The minimum atomic E-state index is -0.474. The molecule has 0 unspecified atom stereocenters. The van der Waals surface area contributed by atoms with Gasteiger partial charge in [0.25, 0.3) is 0 Å². The number of alkyl halides is 2. The molecule has 1 fully saturated rings. The summed E-state index contributed by atoms with van der Waals surface area (Å²) in [6.45, 7) is 1.88. The Morgan fingerprint density at radius 3 is 2.53 bits per heavy atom. The van der Waals surface area contributed by atoms with Crippen LogP contribution in [0.15, 0.2) is 18.2 Å². The monoisotopic (exact) mass is 399 g/mol. The van der Waals surface area contributed by atoms with Gasteiger partial charge in [0.2, 0.25) is 5.91 Å². The van der Waals surface area contributed by atoms with Crippen LogP contribution in [0.25, 0.3) is 0 Å². The van der Waals surface area contributed by atoms with E-state index in [0.717, 1.165) is 6.42 Å². The molecule has 1 atom stereocenters. The van der Waals surface area contributed by atoms with E-state index in [9.17, 15) is 4.79 Å². The van der Waals surface area contributed by atoms with Gasteiger partial charge in [-0.3, -0.25) is 4.79 Å². The van der Waals surface area contributed by atoms with Crippen LogP contribution >= 0.6 is 55.1 Å². The summed E-state index contributed by atoms with van der Waals surface area (Å²) in [5.41, 5.74) is 0.0617. The Morgan fingerprint density at radius 2 is 2.00 bits per heavy atom. The van der Waals surface area contributed by atoms with Crippen molar-refractivity contribution < 1.29 is 4.79 Å². The maximum absolute atomic E-state index is 12.1. The first-order chi connectivity index (χ1) is 7.76. The number of rotatable bonds is 2. The van der Waals surface area contributed by atoms with Gasteiger partial charge in [0.05, 0.1) is 19.4 Å². The number of anilines is 1. The van der Waals surface area contributed by atoms with Crippen molar-refractivity contribution in [1.29, 1.82) is 0 Å². The van der Waals surface area contributed by atoms with Gasteiger partial charge >= 0.3 is 0 Å². The third kappa shape index (κ3) is 2.50. The first kappa shape index (κ1) is 13.7. The molecule has 0 bridgehead atoms. The Labute approximate surface area is 126 Å². The molecule has 2 nitrogen and oxygen atoms in total. The van der Waals surface area contributed by atoms with Crippen LogP contribution in [0.4, 0.5) is 5.69 Å². The average molecular weight is 402 g/mol. The fourth-order valence-electron chi connectivity index (χ4n) is 1.50. The molecule has 92 valence electrons. The third-order valence-electron chi connectivity index (χ3n) is 2.94. The Morgan fingerprint density at radius 1 is 1.41 bits per heavy atom. The van der Waals surface area contributed by atoms with Gasteiger partial charge in [0, 0.05) is 5.02 Å². The first-order valence-corrected chi connectivity index (χ1v) is 7.25. The zero-order valence-corrected chi connectivity index (χ0v) is 13.5. The molecule has 1 saturated carbocycles. The lowest BCUT2D eigenvalue weighted by Gasteiger charge is -2.14. The smallest absolute Gasteiger partial charge is 0.232 e. The Balaban J connectivity index is 2.17. The van der Waals surface area contributed by atoms with E-state index in [-0.39, 0.29) is 9.14 Å². The maximum Gasteiger partial charge on any atom is 0.232 e. The van der Waals surface area contributed by atoms with E-state index in [1.54, 1.807) is 18.2 Å². The second kappa shape index (κ2) is 4.41. The van der Waals surface area contributed by atoms with E-state index < -0.39 is 5.41 Å². The molecular weight excluding hydrogens is 393 g/mol. The van der Waals surface area contributed by atoms with Crippen LogP contribution in [0.1, 0.15) is 13.3 Å². The molecule has 1 aliphatic rings. The summed E-state index contributed by atoms with van der Waals surface area (Å²) in [5.74, 6) is -0.0876. The number of hydrogen-bond donors (Lipinski definition) is 1. The molecule has 0 heterocycles. The van der Waals surface area contributed by atoms with E-state index in [2.05, 4.69) is 37.2 Å². The maximum atomic E-state index is 12.1. The fraction of sp³-hybridized carbons (Fsp3) is 0.364. The number of nitrogens with one attached hydrogen (secondary N) is 1. The molecule has 1 aliphatic carbocycles. The lowest BCUT2D eigenvalue weighted by Crippen LogP contribution is -2.25. The van der Waals surface area contributed by atoms with E-state index in [0.29, 0.717) is 15.7 Å². The van der Waals surface area contributed by atoms with Gasteiger partial charge in [-0.2, -0.15) is 0 Å². The number of amides is 1. The van der Waals surface area contributed by atoms with Crippen LogP contribution in [0.2, 0.25) is 10.0 Å². The predicted molar refractivity (Wildman–Crippen MR) is 78.4 cm³/mol. The van der Waals surface area contributed by atoms with E-state index in [1.165, 1.54) is 0 Å². The van der Waals surface area contributed by atoms with Crippen LogP contribution in [0.5, 0.6) is 0 Å². The topological polar surface area (TPSA) is 29.1 Å². The highest BCUT2D eigenvalue weighted by molar-refractivity contribution is 9.25. The largest absolute Gasteiger partial charge is 0.324 e. The summed E-state index contributed by atoms with van der Waals surface area (Å²) in [4.78, 5) is 12.1. The van der Waals surface area contributed by atoms with Gasteiger partial charge in [-0.25, -0.2) is 0 Å². The van der Waals surface area contributed by atoms with Gasteiger partial charge < -0.3 is 5.32 Å². The van der Waals surface area contributed by atoms with E-state index >= 15 is 0 Å². The number of carbonyl (C=O) groups is 1. The van der Waals surface area contributed by atoms with Crippen molar-refractivity contribution in [3.05, 3.63) is 28.2 Å². The van der Waals surface area contributed by atoms with Crippen LogP contribution in [-0.4, -0.2) is 9.14 Å². The number of hydrogen-bond acceptors (Lipinski definition) is 1. The van der Waals surface area contributed by atoms with Crippen molar-refractivity contribution in [3.63, 3.8) is 0 Å². The normalized spacial score (nSPS) is 25.5. The molecule has 1 amide bonds. The summed E-state index contributed by atoms with van der Waals surface area (Å²) < 4.78 is -0.317. The highest BCUT2D eigenvalue weighted by Crippen LogP contribution is 2.66. The number of benzene rings is 1. The molecule has 1 aromatic rings. The fourth-order valence-corrected chi connectivity index (χ4v) is 3.32. The van der Waals surface area contributed by atoms with Gasteiger partial charge in [-0.05, 0) is 31.5 Å². The van der Waals surface area contributed by atoms with E-state index in [4.69, 9.17) is 23.2 Å². The summed E-state index contributed by atoms with van der Waals surface area (Å²) in [7, 11) is 0. The summed E-state index contributed by atoms with van der Waals surface area (Å²) in [5, 5.41) is 3.80. The van der Waals surface area contributed by atoms with E-state index in [1.807, 2.05) is 6.92 Å². The minimum Gasteiger partial charge on any atom is -0.324 e. The number of carbonyl (C=O) groups excluding carboxylic acids is 1. The van der Waals surface area contributed by atoms with Crippen LogP contribution in [0.3, 0.4) is 0 Å². The zero-order valence-electron chi connectivity index (χ0n) is 8.86. The molecule has 0 saturated heterocycles. The van der Waals surface area contributed by atoms with Crippen molar-refractivity contribution in [2.75, 3.05) is 5.32 Å². The molecular formula is C11H9Br2Cl2NO. The molecule has 2 rings (SSSR count). The standard InChI is InChI=1S/C11H9Br2Cl2NO/c1-10(5-11(10,12)13)9(17)16-8-4-6(14)2-3-7(8)15/h2-4H,5H2,1H3,(H,16,17)/t10-/m1/s1. The summed E-state index contributed by atoms with van der Waals surface area (Å²) >= 11 is 18.7. The third-order valence-corrected chi connectivity index (χ3v) is 5.81. The van der Waals surface area contributed by atoms with Gasteiger partial charge in [0.15, 0.2) is 0 Å². The van der Waals surface area contributed by atoms with Crippen molar-refractivity contribution in [3.8, 4) is 0 Å². The van der Waals surface area contributed by atoms with Crippen LogP contribution < -0.4 is 5.32 Å². The molecule has 0 aliphatic heterocycles. The zero-order chi connectivity index (χ0) is 12.8. The minimum absolute atomic E-state index is 0.0876. The van der Waals surface area contributed by atoms with Crippen molar-refractivity contribution in [2.45, 2.75) is 16.6 Å². The highest BCUT2D eigenvalue weighted by Gasteiger charge is 2.66. The molecule has 1 N–H and O–H groups in total. The average Bonchev–Trinajstić information content (AvgIpc) is 2.74. The lowest BCUT2D eigenvalue weighted by atomic mass is 10.1. The van der Waals surface area contributed by atoms with Crippen LogP contribution in [0, 0.1) is 5.41 Å².